The van der Waals surface area contributed by atoms with Crippen LogP contribution < -0.4 is 16.0 Å². The predicted molar refractivity (Wildman–Crippen MR) is 76.4 cm³/mol. The number of hydrogen-bond donors (Lipinski definition) is 3. The Kier molecular flexibility index (Phi) is 3.78. The van der Waals surface area contributed by atoms with E-state index in [1.54, 1.807) is 0 Å². The lowest BCUT2D eigenvalue weighted by molar-refractivity contribution is 0.244. The summed E-state index contributed by atoms with van der Waals surface area (Å²) in [7, 11) is 0. The van der Waals surface area contributed by atoms with Crippen molar-refractivity contribution in [2.45, 2.75) is 39.3 Å². The first kappa shape index (κ1) is 13.8. The molecule has 2 heterocycles. The fourth-order valence-corrected chi connectivity index (χ4v) is 3.18. The van der Waals surface area contributed by atoms with Crippen molar-refractivity contribution in [2.24, 2.45) is 0 Å². The van der Waals surface area contributed by atoms with Gasteiger partial charge in [-0.3, -0.25) is 5.32 Å². The standard InChI is InChI=1S/C13H18N4OS/c1-13(2,3)17-12(18)16-11-9(6-14)8-4-5-15-7-10(8)19-11/h15H,4-5,7H2,1-3H3,(H2,16,17,18). The van der Waals surface area contributed by atoms with Gasteiger partial charge in [-0.2, -0.15) is 5.26 Å². The molecule has 0 spiro atoms. The van der Waals surface area contributed by atoms with E-state index in [2.05, 4.69) is 22.0 Å². The Bertz CT molecular complexity index is 536. The maximum absolute atomic E-state index is 11.9. The topological polar surface area (TPSA) is 77.0 Å². The van der Waals surface area contributed by atoms with Gasteiger partial charge in [-0.15, -0.1) is 11.3 Å². The Balaban J connectivity index is 2.19. The fourth-order valence-electron chi connectivity index (χ4n) is 2.02. The third kappa shape index (κ3) is 3.25. The first-order valence-corrected chi connectivity index (χ1v) is 7.07. The van der Waals surface area contributed by atoms with Crippen molar-refractivity contribution < 1.29 is 4.79 Å². The van der Waals surface area contributed by atoms with E-state index in [0.717, 1.165) is 30.0 Å². The van der Waals surface area contributed by atoms with Gasteiger partial charge in [0.15, 0.2) is 0 Å². The summed E-state index contributed by atoms with van der Waals surface area (Å²) >= 11 is 1.48. The molecule has 0 radical (unpaired) electrons. The molecule has 102 valence electrons. The number of nitriles is 1. The minimum atomic E-state index is -0.296. The number of rotatable bonds is 1. The van der Waals surface area contributed by atoms with Crippen molar-refractivity contribution in [3.63, 3.8) is 0 Å². The highest BCUT2D eigenvalue weighted by molar-refractivity contribution is 7.16. The zero-order valence-corrected chi connectivity index (χ0v) is 12.2. The monoisotopic (exact) mass is 278 g/mol. The molecular weight excluding hydrogens is 260 g/mol. The molecular formula is C13H18N4OS. The maximum atomic E-state index is 11.9. The van der Waals surface area contributed by atoms with E-state index in [1.165, 1.54) is 11.3 Å². The first-order chi connectivity index (χ1) is 8.90. The number of amides is 2. The number of thiophene rings is 1. The number of carbonyl (C=O) groups is 1. The molecule has 0 aromatic carbocycles. The van der Waals surface area contributed by atoms with Gasteiger partial charge in [0.25, 0.3) is 0 Å². The van der Waals surface area contributed by atoms with Crippen LogP contribution in [0.3, 0.4) is 0 Å². The molecule has 3 N–H and O–H groups in total. The lowest BCUT2D eigenvalue weighted by atomic mass is 10.1. The van der Waals surface area contributed by atoms with Gasteiger partial charge in [0.1, 0.15) is 11.1 Å². The molecule has 0 saturated heterocycles. The maximum Gasteiger partial charge on any atom is 0.320 e. The highest BCUT2D eigenvalue weighted by Gasteiger charge is 2.22. The van der Waals surface area contributed by atoms with Crippen molar-refractivity contribution in [2.75, 3.05) is 11.9 Å². The molecule has 0 bridgehead atoms. The Morgan fingerprint density at radius 1 is 1.47 bits per heavy atom. The van der Waals surface area contributed by atoms with Crippen LogP contribution in [0.5, 0.6) is 0 Å². The normalized spacial score (nSPS) is 14.4. The minimum absolute atomic E-state index is 0.268. The van der Waals surface area contributed by atoms with Crippen LogP contribution in [0.25, 0.3) is 0 Å². The van der Waals surface area contributed by atoms with Gasteiger partial charge in [-0.25, -0.2) is 4.79 Å². The third-order valence-electron chi connectivity index (χ3n) is 2.76. The van der Waals surface area contributed by atoms with Crippen molar-refractivity contribution in [1.29, 1.82) is 5.26 Å². The van der Waals surface area contributed by atoms with E-state index >= 15 is 0 Å². The average molecular weight is 278 g/mol. The van der Waals surface area contributed by atoms with Crippen molar-refractivity contribution >= 4 is 22.4 Å². The second kappa shape index (κ2) is 5.19. The zero-order valence-electron chi connectivity index (χ0n) is 11.4. The Labute approximate surface area is 117 Å². The van der Waals surface area contributed by atoms with Gasteiger partial charge < -0.3 is 10.6 Å². The van der Waals surface area contributed by atoms with E-state index < -0.39 is 0 Å². The number of nitrogens with zero attached hydrogens (tertiary/aromatic N) is 1. The van der Waals surface area contributed by atoms with E-state index in [9.17, 15) is 10.1 Å². The molecule has 2 amide bonds. The summed E-state index contributed by atoms with van der Waals surface area (Å²) in [5.74, 6) is 0. The summed E-state index contributed by atoms with van der Waals surface area (Å²) < 4.78 is 0. The number of urea groups is 1. The molecule has 1 aromatic rings. The molecule has 1 aliphatic rings. The molecule has 6 heteroatoms. The van der Waals surface area contributed by atoms with Crippen molar-refractivity contribution in [1.82, 2.24) is 10.6 Å². The molecule has 0 unspecified atom stereocenters. The predicted octanol–water partition coefficient (Wildman–Crippen LogP) is 2.19. The quantitative estimate of drug-likeness (QED) is 0.737. The smallest absolute Gasteiger partial charge is 0.320 e. The molecule has 19 heavy (non-hydrogen) atoms. The average Bonchev–Trinajstić information content (AvgIpc) is 2.63. The molecule has 0 fully saturated rings. The second-order valence-electron chi connectivity index (χ2n) is 5.58. The summed E-state index contributed by atoms with van der Waals surface area (Å²) in [5, 5.41) is 18.8. The fraction of sp³-hybridized carbons (Fsp3) is 0.538. The first-order valence-electron chi connectivity index (χ1n) is 6.25. The van der Waals surface area contributed by atoms with E-state index in [4.69, 9.17) is 0 Å². The van der Waals surface area contributed by atoms with Crippen LogP contribution >= 0.6 is 11.3 Å². The highest BCUT2D eigenvalue weighted by atomic mass is 32.1. The zero-order chi connectivity index (χ0) is 14.0. The van der Waals surface area contributed by atoms with Crippen LogP contribution in [0.1, 0.15) is 36.8 Å². The Morgan fingerprint density at radius 3 is 2.84 bits per heavy atom. The second-order valence-corrected chi connectivity index (χ2v) is 6.68. The summed E-state index contributed by atoms with van der Waals surface area (Å²) in [6, 6.07) is 1.94. The Morgan fingerprint density at radius 2 is 2.21 bits per heavy atom. The van der Waals surface area contributed by atoms with E-state index in [-0.39, 0.29) is 11.6 Å². The van der Waals surface area contributed by atoms with Crippen LogP contribution in [-0.4, -0.2) is 18.1 Å². The van der Waals surface area contributed by atoms with Crippen molar-refractivity contribution in [3.8, 4) is 6.07 Å². The minimum Gasteiger partial charge on any atom is -0.333 e. The van der Waals surface area contributed by atoms with Gasteiger partial charge in [-0.1, -0.05) is 0 Å². The van der Waals surface area contributed by atoms with Crippen LogP contribution in [0.4, 0.5) is 9.80 Å². The van der Waals surface area contributed by atoms with Gasteiger partial charge in [-0.05, 0) is 39.3 Å². The van der Waals surface area contributed by atoms with Crippen LogP contribution in [0.15, 0.2) is 0 Å². The van der Waals surface area contributed by atoms with Crippen LogP contribution in [-0.2, 0) is 13.0 Å². The van der Waals surface area contributed by atoms with Crippen LogP contribution in [0, 0.1) is 11.3 Å². The highest BCUT2D eigenvalue weighted by Crippen LogP contribution is 2.34. The molecule has 5 nitrogen and oxygen atoms in total. The number of anilines is 1. The third-order valence-corrected chi connectivity index (χ3v) is 3.90. The summed E-state index contributed by atoms with van der Waals surface area (Å²) in [5.41, 5.74) is 1.40. The van der Waals surface area contributed by atoms with Crippen molar-refractivity contribution in [3.05, 3.63) is 16.0 Å². The molecule has 2 rings (SSSR count). The number of fused-ring (bicyclic) bond motifs is 1. The molecule has 1 aromatic heterocycles. The van der Waals surface area contributed by atoms with E-state index in [1.807, 2.05) is 20.8 Å². The number of nitrogens with one attached hydrogen (secondary N) is 3. The Hall–Kier alpha value is -1.58. The number of carbonyl (C=O) groups excluding carboxylic acids is 1. The molecule has 0 saturated carbocycles. The van der Waals surface area contributed by atoms with Gasteiger partial charge in [0.05, 0.1) is 5.56 Å². The van der Waals surface area contributed by atoms with Gasteiger partial charge >= 0.3 is 6.03 Å². The lowest BCUT2D eigenvalue weighted by Gasteiger charge is -2.20. The SMILES string of the molecule is CC(C)(C)NC(=O)Nc1sc2c(c1C#N)CCNC2. The van der Waals surface area contributed by atoms with E-state index in [0.29, 0.717) is 10.6 Å². The summed E-state index contributed by atoms with van der Waals surface area (Å²) in [4.78, 5) is 13.0. The van der Waals surface area contributed by atoms with Gasteiger partial charge in [0, 0.05) is 17.0 Å². The molecule has 0 atom stereocenters. The molecule has 0 aliphatic carbocycles. The largest absolute Gasteiger partial charge is 0.333 e. The molecule has 1 aliphatic heterocycles. The number of hydrogen-bond acceptors (Lipinski definition) is 4. The van der Waals surface area contributed by atoms with Crippen LogP contribution in [0.2, 0.25) is 0 Å². The van der Waals surface area contributed by atoms with Gasteiger partial charge in [0.2, 0.25) is 0 Å². The lowest BCUT2D eigenvalue weighted by Crippen LogP contribution is -2.43. The summed E-state index contributed by atoms with van der Waals surface area (Å²) in [6.07, 6.45) is 0.845. The summed E-state index contributed by atoms with van der Waals surface area (Å²) in [6.45, 7) is 7.41.